The Labute approximate surface area is 198 Å². The number of piperidine rings is 1. The molecular weight excluding hydrogens is 438 g/mol. The van der Waals surface area contributed by atoms with Crippen LogP contribution in [0.1, 0.15) is 56.9 Å². The van der Waals surface area contributed by atoms with Crippen molar-refractivity contribution in [3.8, 4) is 0 Å². The van der Waals surface area contributed by atoms with Crippen molar-refractivity contribution in [1.29, 1.82) is 0 Å². The summed E-state index contributed by atoms with van der Waals surface area (Å²) in [4.78, 5) is 15.5. The molecule has 0 radical (unpaired) electrons. The van der Waals surface area contributed by atoms with Gasteiger partial charge in [-0.1, -0.05) is 37.8 Å². The first-order valence-electron chi connectivity index (χ1n) is 12.4. The van der Waals surface area contributed by atoms with E-state index in [-0.39, 0.29) is 16.3 Å². The molecule has 7 nitrogen and oxygen atoms in total. The van der Waals surface area contributed by atoms with Gasteiger partial charge in [0.1, 0.15) is 0 Å². The summed E-state index contributed by atoms with van der Waals surface area (Å²) in [6.45, 7) is 4.60. The zero-order chi connectivity index (χ0) is 23.2. The maximum absolute atomic E-state index is 12.7. The minimum absolute atomic E-state index is 0.0954. The number of carbonyl (C=O) groups excluding carboxylic acids is 1. The van der Waals surface area contributed by atoms with Crippen molar-refractivity contribution in [2.24, 2.45) is 0 Å². The van der Waals surface area contributed by atoms with Gasteiger partial charge in [-0.2, -0.15) is 4.31 Å². The molecule has 0 aromatic heterocycles. The molecule has 1 amide bonds. The second-order valence-electron chi connectivity index (χ2n) is 9.47. The van der Waals surface area contributed by atoms with Gasteiger partial charge >= 0.3 is 0 Å². The van der Waals surface area contributed by atoms with E-state index in [1.165, 1.54) is 42.8 Å². The fourth-order valence-electron chi connectivity index (χ4n) is 5.35. The van der Waals surface area contributed by atoms with Crippen molar-refractivity contribution in [1.82, 2.24) is 14.5 Å². The molecule has 1 aromatic carbocycles. The molecule has 8 heteroatoms. The number of benzene rings is 1. The number of nitrogens with one attached hydrogen (secondary N) is 1. The lowest BCUT2D eigenvalue weighted by molar-refractivity contribution is -0.117. The molecule has 0 spiro atoms. The number of rotatable bonds is 7. The van der Waals surface area contributed by atoms with Crippen LogP contribution in [0.25, 0.3) is 6.08 Å². The van der Waals surface area contributed by atoms with E-state index < -0.39 is 10.0 Å². The van der Waals surface area contributed by atoms with Gasteiger partial charge < -0.3 is 10.1 Å². The lowest BCUT2D eigenvalue weighted by Crippen LogP contribution is -2.58. The average molecular weight is 476 g/mol. The van der Waals surface area contributed by atoms with E-state index in [2.05, 4.69) is 10.2 Å². The van der Waals surface area contributed by atoms with Gasteiger partial charge in [0, 0.05) is 31.2 Å². The van der Waals surface area contributed by atoms with Gasteiger partial charge in [-0.3, -0.25) is 9.69 Å². The van der Waals surface area contributed by atoms with Crippen LogP contribution in [0.4, 0.5) is 0 Å². The normalized spacial score (nSPS) is 22.9. The number of amides is 1. The zero-order valence-corrected chi connectivity index (χ0v) is 20.3. The van der Waals surface area contributed by atoms with Gasteiger partial charge in [0.15, 0.2) is 0 Å². The number of carbonyl (C=O) groups is 1. The van der Waals surface area contributed by atoms with Gasteiger partial charge in [-0.25, -0.2) is 8.42 Å². The summed E-state index contributed by atoms with van der Waals surface area (Å²) in [7, 11) is -3.50. The molecule has 33 heavy (non-hydrogen) atoms. The first-order valence-corrected chi connectivity index (χ1v) is 13.8. The highest BCUT2D eigenvalue weighted by atomic mass is 32.2. The Morgan fingerprint density at radius 3 is 2.24 bits per heavy atom. The van der Waals surface area contributed by atoms with E-state index in [1.54, 1.807) is 36.4 Å². The SMILES string of the molecule is O=C(/C=C/c1ccc(S(=O)(=O)N2CCOCC2)cc1)NCC1(N2CCCCC2)CCCCC1. The van der Waals surface area contributed by atoms with Crippen LogP contribution in [0.5, 0.6) is 0 Å². The molecule has 0 atom stereocenters. The van der Waals surface area contributed by atoms with E-state index in [4.69, 9.17) is 4.74 Å². The largest absolute Gasteiger partial charge is 0.379 e. The second-order valence-corrected chi connectivity index (χ2v) is 11.4. The van der Waals surface area contributed by atoms with Crippen LogP contribution in [0, 0.1) is 0 Å². The monoisotopic (exact) mass is 475 g/mol. The van der Waals surface area contributed by atoms with E-state index in [1.807, 2.05) is 0 Å². The number of hydrogen-bond acceptors (Lipinski definition) is 5. The number of likely N-dealkylation sites (tertiary alicyclic amines) is 1. The van der Waals surface area contributed by atoms with Crippen molar-refractivity contribution in [2.45, 2.75) is 61.8 Å². The fraction of sp³-hybridized carbons (Fsp3) is 0.640. The molecule has 1 aromatic rings. The third-order valence-corrected chi connectivity index (χ3v) is 9.23. The molecular formula is C25H37N3O4S. The standard InChI is InChI=1S/C25H37N3O4S/c29-24(26-21-25(13-3-1-4-14-25)27-15-5-2-6-16-27)12-9-22-7-10-23(11-8-22)33(30,31)28-17-19-32-20-18-28/h7-12H,1-6,13-21H2,(H,26,29)/b12-9+. The van der Waals surface area contributed by atoms with Crippen molar-refractivity contribution in [2.75, 3.05) is 45.9 Å². The van der Waals surface area contributed by atoms with Crippen molar-refractivity contribution in [3.63, 3.8) is 0 Å². The summed E-state index contributed by atoms with van der Waals surface area (Å²) in [5, 5.41) is 3.16. The van der Waals surface area contributed by atoms with Crippen LogP contribution in [-0.4, -0.2) is 75.0 Å². The zero-order valence-electron chi connectivity index (χ0n) is 19.5. The van der Waals surface area contributed by atoms with Gasteiger partial charge in [0.2, 0.25) is 15.9 Å². The van der Waals surface area contributed by atoms with E-state index in [0.717, 1.165) is 31.5 Å². The highest BCUT2D eigenvalue weighted by molar-refractivity contribution is 7.89. The van der Waals surface area contributed by atoms with Crippen LogP contribution in [0.15, 0.2) is 35.2 Å². The summed E-state index contributed by atoms with van der Waals surface area (Å²) in [6, 6.07) is 6.70. The Bertz CT molecular complexity index is 911. The smallest absolute Gasteiger partial charge is 0.244 e. The molecule has 3 fully saturated rings. The quantitative estimate of drug-likeness (QED) is 0.614. The number of hydrogen-bond donors (Lipinski definition) is 1. The number of ether oxygens (including phenoxy) is 1. The lowest BCUT2D eigenvalue weighted by atomic mass is 9.79. The first-order chi connectivity index (χ1) is 16.0. The van der Waals surface area contributed by atoms with Crippen molar-refractivity contribution < 1.29 is 17.9 Å². The van der Waals surface area contributed by atoms with Crippen LogP contribution >= 0.6 is 0 Å². The van der Waals surface area contributed by atoms with E-state index >= 15 is 0 Å². The Balaban J connectivity index is 1.34. The van der Waals surface area contributed by atoms with Crippen LogP contribution in [0.3, 0.4) is 0 Å². The van der Waals surface area contributed by atoms with Crippen molar-refractivity contribution >= 4 is 22.0 Å². The maximum atomic E-state index is 12.7. The number of morpholine rings is 1. The Morgan fingerprint density at radius 2 is 1.58 bits per heavy atom. The number of nitrogens with zero attached hydrogens (tertiary/aromatic N) is 2. The average Bonchev–Trinajstić information content (AvgIpc) is 2.88. The van der Waals surface area contributed by atoms with E-state index in [9.17, 15) is 13.2 Å². The second kappa shape index (κ2) is 11.1. The van der Waals surface area contributed by atoms with Gasteiger partial charge in [-0.05, 0) is 62.5 Å². The molecule has 2 aliphatic heterocycles. The van der Waals surface area contributed by atoms with Crippen molar-refractivity contribution in [3.05, 3.63) is 35.9 Å². The predicted molar refractivity (Wildman–Crippen MR) is 129 cm³/mol. The lowest BCUT2D eigenvalue weighted by Gasteiger charge is -2.48. The molecule has 0 unspecified atom stereocenters. The summed E-state index contributed by atoms with van der Waals surface area (Å²) in [6.07, 6.45) is 13.2. The summed E-state index contributed by atoms with van der Waals surface area (Å²) < 4.78 is 32.2. The Hall–Kier alpha value is -1.74. The minimum Gasteiger partial charge on any atom is -0.379 e. The minimum atomic E-state index is -3.50. The van der Waals surface area contributed by atoms with Gasteiger partial charge in [0.05, 0.1) is 18.1 Å². The summed E-state index contributed by atoms with van der Waals surface area (Å²) >= 11 is 0. The summed E-state index contributed by atoms with van der Waals surface area (Å²) in [5.74, 6) is -0.0954. The molecule has 2 heterocycles. The molecule has 182 valence electrons. The molecule has 1 saturated carbocycles. The topological polar surface area (TPSA) is 79.0 Å². The number of sulfonamides is 1. The molecule has 3 aliphatic rings. The predicted octanol–water partition coefficient (Wildman–Crippen LogP) is 3.03. The highest BCUT2D eigenvalue weighted by Crippen LogP contribution is 2.35. The molecule has 2 saturated heterocycles. The third-order valence-electron chi connectivity index (χ3n) is 7.32. The Kier molecular flexibility index (Phi) is 8.22. The van der Waals surface area contributed by atoms with Crippen LogP contribution < -0.4 is 5.32 Å². The van der Waals surface area contributed by atoms with Gasteiger partial charge in [0.25, 0.3) is 0 Å². The van der Waals surface area contributed by atoms with Crippen LogP contribution in [0.2, 0.25) is 0 Å². The van der Waals surface area contributed by atoms with Gasteiger partial charge in [-0.15, -0.1) is 0 Å². The molecule has 1 aliphatic carbocycles. The van der Waals surface area contributed by atoms with E-state index in [0.29, 0.717) is 32.8 Å². The fourth-order valence-corrected chi connectivity index (χ4v) is 6.76. The Morgan fingerprint density at radius 1 is 0.939 bits per heavy atom. The van der Waals surface area contributed by atoms with Crippen LogP contribution in [-0.2, 0) is 19.6 Å². The highest BCUT2D eigenvalue weighted by Gasteiger charge is 2.38. The first kappa shape index (κ1) is 24.4. The molecule has 0 bridgehead atoms. The summed E-state index contributed by atoms with van der Waals surface area (Å²) in [5.41, 5.74) is 0.909. The molecule has 4 rings (SSSR count). The molecule has 1 N–H and O–H groups in total. The third kappa shape index (κ3) is 6.04. The maximum Gasteiger partial charge on any atom is 0.244 e.